The summed E-state index contributed by atoms with van der Waals surface area (Å²) >= 11 is 0. The van der Waals surface area contributed by atoms with Gasteiger partial charge in [0.15, 0.2) is 0 Å². The van der Waals surface area contributed by atoms with Crippen LogP contribution in [-0.2, 0) is 31.7 Å². The molecule has 1 aromatic heterocycles. The minimum absolute atomic E-state index is 0.0849. The Balaban J connectivity index is 1.69. The van der Waals surface area contributed by atoms with Gasteiger partial charge in [0.2, 0.25) is 15.0 Å². The first-order valence-corrected chi connectivity index (χ1v) is 11.2. The molecule has 1 saturated heterocycles. The van der Waals surface area contributed by atoms with Crippen LogP contribution in [0.5, 0.6) is 0 Å². The predicted octanol–water partition coefficient (Wildman–Crippen LogP) is 1.94. The minimum atomic E-state index is -3.82. The second-order valence-corrected chi connectivity index (χ2v) is 10.0. The van der Waals surface area contributed by atoms with E-state index in [-0.39, 0.29) is 29.6 Å². The normalized spacial score (nSPS) is 30.1. The molecule has 0 bridgehead atoms. The van der Waals surface area contributed by atoms with Crippen molar-refractivity contribution in [2.24, 2.45) is 17.3 Å². The Kier molecular flexibility index (Phi) is 4.23. The lowest BCUT2D eigenvalue weighted by Crippen LogP contribution is -2.30. The third-order valence-corrected chi connectivity index (χ3v) is 7.51. The van der Waals surface area contributed by atoms with Gasteiger partial charge in [-0.3, -0.25) is 4.79 Å². The van der Waals surface area contributed by atoms with E-state index in [9.17, 15) is 22.0 Å². The van der Waals surface area contributed by atoms with Crippen molar-refractivity contribution in [3.63, 3.8) is 0 Å². The van der Waals surface area contributed by atoms with Crippen molar-refractivity contribution < 1.29 is 26.7 Å². The van der Waals surface area contributed by atoms with Crippen LogP contribution < -0.4 is 4.90 Å². The van der Waals surface area contributed by atoms with Gasteiger partial charge in [0.05, 0.1) is 7.11 Å². The smallest absolute Gasteiger partial charge is 0.305 e. The number of hydrogen-bond acceptors (Lipinski definition) is 7. The Bertz CT molecular complexity index is 952. The third kappa shape index (κ3) is 2.79. The molecule has 7 nitrogen and oxygen atoms in total. The fourth-order valence-electron chi connectivity index (χ4n) is 5.09. The molecule has 0 unspecified atom stereocenters. The summed E-state index contributed by atoms with van der Waals surface area (Å²) in [6.07, 6.45) is 1.84. The second-order valence-electron chi connectivity index (χ2n) is 8.09. The number of carbonyl (C=O) groups is 1. The molecule has 2 heterocycles. The van der Waals surface area contributed by atoms with Gasteiger partial charge in [-0.25, -0.2) is 18.4 Å². The number of alkyl halides is 2. The summed E-state index contributed by atoms with van der Waals surface area (Å²) in [5.41, 5.74) is -0.206. The topological polar surface area (TPSA) is 89.5 Å². The van der Waals surface area contributed by atoms with Crippen LogP contribution in [0.25, 0.3) is 0 Å². The second kappa shape index (κ2) is 6.08. The summed E-state index contributed by atoms with van der Waals surface area (Å²) in [4.78, 5) is 21.5. The molecule has 3 aliphatic rings. The number of hydrogen-bond donors (Lipinski definition) is 0. The molecule has 2 fully saturated rings. The number of rotatable bonds is 5. The van der Waals surface area contributed by atoms with Crippen LogP contribution in [0.1, 0.15) is 37.4 Å². The number of anilines is 1. The van der Waals surface area contributed by atoms with Gasteiger partial charge in [0.1, 0.15) is 11.5 Å². The standard InChI is InChI=1S/C18H23F2N3O4S/c1-4-17-9-23(8-12(17)11(17)7-13(24)27-2)15-10-5-6-18(19,20)14(10)21-16(22-15)28(3,25)26/h11-12H,4-9H2,1-3H3/t11-,12-,17+/m0/s1. The van der Waals surface area contributed by atoms with Crippen molar-refractivity contribution >= 4 is 21.6 Å². The summed E-state index contributed by atoms with van der Waals surface area (Å²) in [5, 5.41) is -0.556. The van der Waals surface area contributed by atoms with Crippen molar-refractivity contribution in [3.05, 3.63) is 11.3 Å². The number of carbonyl (C=O) groups excluding carboxylic acids is 1. The zero-order valence-corrected chi connectivity index (χ0v) is 16.9. The number of aromatic nitrogens is 2. The Hall–Kier alpha value is -1.84. The molecular weight excluding hydrogens is 392 g/mol. The van der Waals surface area contributed by atoms with E-state index in [2.05, 4.69) is 9.97 Å². The predicted molar refractivity (Wildman–Crippen MR) is 95.9 cm³/mol. The minimum Gasteiger partial charge on any atom is -0.469 e. The highest BCUT2D eigenvalue weighted by molar-refractivity contribution is 7.90. The van der Waals surface area contributed by atoms with E-state index in [0.29, 0.717) is 30.9 Å². The summed E-state index contributed by atoms with van der Waals surface area (Å²) < 4.78 is 57.3. The lowest BCUT2D eigenvalue weighted by molar-refractivity contribution is -0.141. The van der Waals surface area contributed by atoms with Crippen molar-refractivity contribution in [3.8, 4) is 0 Å². The maximum Gasteiger partial charge on any atom is 0.305 e. The molecule has 2 aliphatic carbocycles. The molecule has 0 spiro atoms. The van der Waals surface area contributed by atoms with Gasteiger partial charge < -0.3 is 9.64 Å². The number of esters is 1. The van der Waals surface area contributed by atoms with Gasteiger partial charge in [-0.05, 0) is 30.1 Å². The lowest BCUT2D eigenvalue weighted by atomic mass is 9.98. The van der Waals surface area contributed by atoms with Crippen LogP contribution in [0.3, 0.4) is 0 Å². The first-order chi connectivity index (χ1) is 13.0. The maximum atomic E-state index is 14.3. The summed E-state index contributed by atoms with van der Waals surface area (Å²) in [7, 11) is -2.46. The number of piperidine rings is 1. The molecular formula is C18H23F2N3O4S. The van der Waals surface area contributed by atoms with E-state index in [0.717, 1.165) is 12.7 Å². The zero-order valence-electron chi connectivity index (χ0n) is 16.0. The Morgan fingerprint density at radius 2 is 2.07 bits per heavy atom. The van der Waals surface area contributed by atoms with Gasteiger partial charge in [0.25, 0.3) is 5.92 Å². The quantitative estimate of drug-likeness (QED) is 0.536. The van der Waals surface area contributed by atoms with Gasteiger partial charge in [-0.15, -0.1) is 0 Å². The van der Waals surface area contributed by atoms with Gasteiger partial charge in [-0.1, -0.05) is 6.92 Å². The highest BCUT2D eigenvalue weighted by Gasteiger charge is 2.68. The molecule has 1 aliphatic heterocycles. The van der Waals surface area contributed by atoms with Gasteiger partial charge in [0, 0.05) is 37.8 Å². The molecule has 4 rings (SSSR count). The molecule has 154 valence electrons. The van der Waals surface area contributed by atoms with Crippen LogP contribution in [0, 0.1) is 17.3 Å². The average molecular weight is 415 g/mol. The van der Waals surface area contributed by atoms with Crippen molar-refractivity contribution in [1.29, 1.82) is 0 Å². The number of nitrogens with zero attached hydrogens (tertiary/aromatic N) is 3. The van der Waals surface area contributed by atoms with E-state index in [1.165, 1.54) is 7.11 Å². The number of methoxy groups -OCH3 is 1. The first kappa shape index (κ1) is 19.5. The number of ether oxygens (including phenoxy) is 1. The summed E-state index contributed by atoms with van der Waals surface area (Å²) in [6, 6.07) is 0. The number of fused-ring (bicyclic) bond motifs is 2. The van der Waals surface area contributed by atoms with Crippen molar-refractivity contribution in [2.75, 3.05) is 31.4 Å². The van der Waals surface area contributed by atoms with Crippen LogP contribution in [0.15, 0.2) is 5.16 Å². The molecule has 0 radical (unpaired) electrons. The molecule has 0 aromatic carbocycles. The molecule has 0 N–H and O–H groups in total. The first-order valence-electron chi connectivity index (χ1n) is 9.34. The molecule has 10 heteroatoms. The van der Waals surface area contributed by atoms with Gasteiger partial charge >= 0.3 is 5.97 Å². The van der Waals surface area contributed by atoms with E-state index in [1.54, 1.807) is 0 Å². The van der Waals surface area contributed by atoms with E-state index in [1.807, 2.05) is 11.8 Å². The summed E-state index contributed by atoms with van der Waals surface area (Å²) in [5.74, 6) is -2.65. The zero-order chi connectivity index (χ0) is 20.5. The Morgan fingerprint density at radius 3 is 2.64 bits per heavy atom. The number of sulfone groups is 1. The molecule has 1 saturated carbocycles. The highest BCUT2D eigenvalue weighted by Crippen LogP contribution is 2.67. The molecule has 3 atom stereocenters. The van der Waals surface area contributed by atoms with Crippen LogP contribution in [0.2, 0.25) is 0 Å². The average Bonchev–Trinajstić information content (AvgIpc) is 2.93. The van der Waals surface area contributed by atoms with Crippen molar-refractivity contribution in [1.82, 2.24) is 9.97 Å². The Morgan fingerprint density at radius 1 is 1.36 bits per heavy atom. The maximum absolute atomic E-state index is 14.3. The third-order valence-electron chi connectivity index (χ3n) is 6.66. The van der Waals surface area contributed by atoms with Crippen molar-refractivity contribution in [2.45, 2.75) is 43.7 Å². The lowest BCUT2D eigenvalue weighted by Gasteiger charge is -2.26. The van der Waals surface area contributed by atoms with Crippen LogP contribution in [0.4, 0.5) is 14.6 Å². The number of halogens is 2. The fraction of sp³-hybridized carbons (Fsp3) is 0.722. The Labute approximate surface area is 162 Å². The van der Waals surface area contributed by atoms with Gasteiger partial charge in [-0.2, -0.15) is 8.78 Å². The van der Waals surface area contributed by atoms with Crippen LogP contribution in [-0.4, -0.2) is 50.8 Å². The fourth-order valence-corrected chi connectivity index (χ4v) is 5.60. The van der Waals surface area contributed by atoms with E-state index < -0.39 is 33.0 Å². The SMILES string of the molecule is CC[C@]12CN(c3nc(S(C)(=O)=O)nc4c3CCC4(F)F)C[C@H]1[C@@H]2CC(=O)OC. The largest absolute Gasteiger partial charge is 0.469 e. The summed E-state index contributed by atoms with van der Waals surface area (Å²) in [6.45, 7) is 3.18. The molecule has 28 heavy (non-hydrogen) atoms. The molecule has 0 amide bonds. The highest BCUT2D eigenvalue weighted by atomic mass is 32.2. The van der Waals surface area contributed by atoms with E-state index in [4.69, 9.17) is 4.74 Å². The monoisotopic (exact) mass is 415 g/mol. The van der Waals surface area contributed by atoms with Crippen LogP contribution >= 0.6 is 0 Å². The van der Waals surface area contributed by atoms with E-state index >= 15 is 0 Å². The molecule has 1 aromatic rings.